The van der Waals surface area contributed by atoms with Gasteiger partial charge in [-0.15, -0.1) is 0 Å². The minimum Gasteiger partial charge on any atom is -0.497 e. The lowest BCUT2D eigenvalue weighted by molar-refractivity contribution is 0.121. The Morgan fingerprint density at radius 3 is 2.20 bits per heavy atom. The summed E-state index contributed by atoms with van der Waals surface area (Å²) in [7, 11) is 1.63. The van der Waals surface area contributed by atoms with Crippen LogP contribution in [-0.4, -0.2) is 90.5 Å². The number of aromatic nitrogens is 5. The molecule has 3 N–H and O–H groups in total. The molecular formula is C30H34N10O4. The Morgan fingerprint density at radius 1 is 0.909 bits per heavy atom. The lowest BCUT2D eigenvalue weighted by atomic mass is 9.97. The Morgan fingerprint density at radius 2 is 1.57 bits per heavy atom. The maximum atomic E-state index is 12.8. The molecule has 7 rings (SSSR count). The lowest BCUT2D eigenvalue weighted by Crippen LogP contribution is -2.40. The van der Waals surface area contributed by atoms with Crippen molar-refractivity contribution < 1.29 is 19.0 Å². The van der Waals surface area contributed by atoms with Gasteiger partial charge in [0.2, 0.25) is 17.8 Å². The third-order valence-electron chi connectivity index (χ3n) is 7.90. The van der Waals surface area contributed by atoms with Crippen LogP contribution in [0.3, 0.4) is 0 Å². The van der Waals surface area contributed by atoms with Crippen LogP contribution in [0.1, 0.15) is 22.9 Å². The molecule has 2 saturated heterocycles. The second kappa shape index (κ2) is 12.0. The van der Waals surface area contributed by atoms with E-state index >= 15 is 0 Å². The van der Waals surface area contributed by atoms with Crippen LogP contribution >= 0.6 is 0 Å². The molecular weight excluding hydrogens is 564 g/mol. The summed E-state index contributed by atoms with van der Waals surface area (Å²) in [6.07, 6.45) is 0. The molecule has 0 spiro atoms. The fourth-order valence-electron chi connectivity index (χ4n) is 5.64. The van der Waals surface area contributed by atoms with E-state index in [2.05, 4.69) is 25.8 Å². The Labute approximate surface area is 254 Å². The number of anilines is 5. The van der Waals surface area contributed by atoms with E-state index in [0.29, 0.717) is 50.1 Å². The molecule has 2 aromatic carbocycles. The SMILES string of the molecule is COc1cccc(C2NC(=O)Nc3c2c(C)nn3-c2ccc(Nc3nc(N4CCOCC4)nc(N4CCOCC4)n3)cc2)c1. The first-order chi connectivity index (χ1) is 21.6. The number of aryl methyl sites for hydroxylation is 1. The molecule has 1 atom stereocenters. The summed E-state index contributed by atoms with van der Waals surface area (Å²) in [5, 5.41) is 14.1. The van der Waals surface area contributed by atoms with E-state index in [9.17, 15) is 4.79 Å². The summed E-state index contributed by atoms with van der Waals surface area (Å²) in [6, 6.07) is 14.8. The van der Waals surface area contributed by atoms with Gasteiger partial charge in [0, 0.05) is 37.4 Å². The first kappa shape index (κ1) is 27.9. The maximum absolute atomic E-state index is 12.8. The van der Waals surface area contributed by atoms with Gasteiger partial charge in [-0.05, 0) is 48.9 Å². The highest BCUT2D eigenvalue weighted by atomic mass is 16.5. The van der Waals surface area contributed by atoms with Crippen LogP contribution in [0.4, 0.5) is 34.1 Å². The molecule has 0 saturated carbocycles. The molecule has 0 bridgehead atoms. The van der Waals surface area contributed by atoms with Gasteiger partial charge in [0.15, 0.2) is 0 Å². The fraction of sp³-hybridized carbons (Fsp3) is 0.367. The van der Waals surface area contributed by atoms with E-state index in [1.807, 2.05) is 55.5 Å². The Hall–Kier alpha value is -4.95. The van der Waals surface area contributed by atoms with Crippen LogP contribution in [0.5, 0.6) is 5.75 Å². The van der Waals surface area contributed by atoms with E-state index in [0.717, 1.165) is 60.1 Å². The third-order valence-corrected chi connectivity index (χ3v) is 7.90. The number of nitrogens with one attached hydrogen (secondary N) is 3. The van der Waals surface area contributed by atoms with Crippen LogP contribution in [0, 0.1) is 6.92 Å². The highest BCUT2D eigenvalue weighted by Gasteiger charge is 2.32. The van der Waals surface area contributed by atoms with Gasteiger partial charge in [-0.3, -0.25) is 5.32 Å². The topological polar surface area (TPSA) is 144 Å². The predicted molar refractivity (Wildman–Crippen MR) is 164 cm³/mol. The molecule has 0 radical (unpaired) electrons. The van der Waals surface area contributed by atoms with E-state index in [1.54, 1.807) is 11.8 Å². The smallest absolute Gasteiger partial charge is 0.321 e. The molecule has 44 heavy (non-hydrogen) atoms. The number of hydrogen-bond donors (Lipinski definition) is 3. The molecule has 3 aliphatic heterocycles. The Bertz CT molecular complexity index is 1610. The number of ether oxygens (including phenoxy) is 3. The molecule has 2 fully saturated rings. The van der Waals surface area contributed by atoms with Gasteiger partial charge in [0.25, 0.3) is 0 Å². The van der Waals surface area contributed by atoms with E-state index < -0.39 is 0 Å². The van der Waals surface area contributed by atoms with Crippen LogP contribution in [0.15, 0.2) is 48.5 Å². The second-order valence-corrected chi connectivity index (χ2v) is 10.7. The van der Waals surface area contributed by atoms with Crippen molar-refractivity contribution in [2.24, 2.45) is 0 Å². The number of methoxy groups -OCH3 is 1. The minimum absolute atomic E-state index is 0.299. The van der Waals surface area contributed by atoms with Crippen molar-refractivity contribution in [1.29, 1.82) is 0 Å². The molecule has 0 aliphatic carbocycles. The standard InChI is InChI=1S/C30H34N10O4/c1-19-24-25(20-4-3-5-23(18-20)42-2)32-30(41)33-26(24)40(37-19)22-8-6-21(7-9-22)31-27-34-28(38-10-14-43-15-11-38)36-29(35-27)39-12-16-44-17-13-39/h3-9,18,25H,10-17H2,1-2H3,(H2,32,33,41)(H,31,34,35,36). The van der Waals surface area contributed by atoms with Crippen LogP contribution in [-0.2, 0) is 9.47 Å². The summed E-state index contributed by atoms with van der Waals surface area (Å²) in [6.45, 7) is 7.37. The number of hydrogen-bond acceptors (Lipinski definition) is 11. The summed E-state index contributed by atoms with van der Waals surface area (Å²) >= 11 is 0. The molecule has 4 aromatic rings. The molecule has 1 unspecified atom stereocenters. The van der Waals surface area contributed by atoms with Gasteiger partial charge in [-0.2, -0.15) is 20.1 Å². The lowest BCUT2D eigenvalue weighted by Gasteiger charge is -2.30. The van der Waals surface area contributed by atoms with E-state index in [4.69, 9.17) is 34.3 Å². The van der Waals surface area contributed by atoms with E-state index in [1.165, 1.54) is 0 Å². The Balaban J connectivity index is 1.16. The highest BCUT2D eigenvalue weighted by Crippen LogP contribution is 2.37. The molecule has 14 nitrogen and oxygen atoms in total. The van der Waals surface area contributed by atoms with Crippen molar-refractivity contribution in [3.05, 3.63) is 65.4 Å². The van der Waals surface area contributed by atoms with Gasteiger partial charge in [-0.25, -0.2) is 9.48 Å². The second-order valence-electron chi connectivity index (χ2n) is 10.7. The number of nitrogens with zero attached hydrogens (tertiary/aromatic N) is 7. The zero-order valence-electron chi connectivity index (χ0n) is 24.6. The van der Waals surface area contributed by atoms with Gasteiger partial charge >= 0.3 is 6.03 Å². The zero-order valence-corrected chi connectivity index (χ0v) is 24.6. The van der Waals surface area contributed by atoms with Crippen molar-refractivity contribution in [1.82, 2.24) is 30.0 Å². The third kappa shape index (κ3) is 5.56. The van der Waals surface area contributed by atoms with Gasteiger partial charge < -0.3 is 34.6 Å². The van der Waals surface area contributed by atoms with Crippen LogP contribution in [0.25, 0.3) is 5.69 Å². The summed E-state index contributed by atoms with van der Waals surface area (Å²) in [5.41, 5.74) is 4.21. The molecule has 3 aliphatic rings. The Kier molecular flexibility index (Phi) is 7.58. The number of morpholine rings is 2. The zero-order chi connectivity index (χ0) is 30.0. The number of carbonyl (C=O) groups is 1. The quantitative estimate of drug-likeness (QED) is 0.289. The highest BCUT2D eigenvalue weighted by molar-refractivity contribution is 5.93. The number of fused-ring (bicyclic) bond motifs is 1. The normalized spacial score (nSPS) is 18.3. The average Bonchev–Trinajstić information content (AvgIpc) is 3.41. The molecule has 5 heterocycles. The van der Waals surface area contributed by atoms with E-state index in [-0.39, 0.29) is 12.1 Å². The van der Waals surface area contributed by atoms with Crippen molar-refractivity contribution in [2.75, 3.05) is 80.1 Å². The first-order valence-electron chi connectivity index (χ1n) is 14.7. The predicted octanol–water partition coefficient (Wildman–Crippen LogP) is 3.02. The van der Waals surface area contributed by atoms with Gasteiger partial charge in [0.1, 0.15) is 11.6 Å². The average molecular weight is 599 g/mol. The fourth-order valence-corrected chi connectivity index (χ4v) is 5.64. The van der Waals surface area contributed by atoms with Crippen LogP contribution in [0.2, 0.25) is 0 Å². The van der Waals surface area contributed by atoms with Crippen molar-refractivity contribution >= 4 is 35.4 Å². The largest absolute Gasteiger partial charge is 0.497 e. The summed E-state index contributed by atoms with van der Waals surface area (Å²) in [4.78, 5) is 31.3. The van der Waals surface area contributed by atoms with Crippen molar-refractivity contribution in [3.8, 4) is 11.4 Å². The van der Waals surface area contributed by atoms with Crippen molar-refractivity contribution in [2.45, 2.75) is 13.0 Å². The van der Waals surface area contributed by atoms with Crippen LogP contribution < -0.4 is 30.5 Å². The number of carbonyl (C=O) groups excluding carboxylic acids is 1. The number of benzene rings is 2. The van der Waals surface area contributed by atoms with Gasteiger partial charge in [0.05, 0.1) is 51.0 Å². The molecule has 2 aromatic heterocycles. The number of rotatable bonds is 7. The first-order valence-corrected chi connectivity index (χ1v) is 14.7. The molecule has 228 valence electrons. The van der Waals surface area contributed by atoms with Gasteiger partial charge in [-0.1, -0.05) is 12.1 Å². The van der Waals surface area contributed by atoms with Crippen molar-refractivity contribution in [3.63, 3.8) is 0 Å². The monoisotopic (exact) mass is 598 g/mol. The summed E-state index contributed by atoms with van der Waals surface area (Å²) in [5.74, 6) is 3.05. The number of amides is 2. The number of urea groups is 1. The molecule has 2 amide bonds. The minimum atomic E-state index is -0.367. The maximum Gasteiger partial charge on any atom is 0.321 e. The molecule has 14 heteroatoms. The summed E-state index contributed by atoms with van der Waals surface area (Å²) < 4.78 is 18.2.